The largest absolute Gasteiger partial charge is 0.480 e. The minimum absolute atomic E-state index is 0.0461. The molecule has 10 nitrogen and oxygen atoms in total. The summed E-state index contributed by atoms with van der Waals surface area (Å²) in [6, 6.07) is -4.22. The SMILES string of the molecule is CSCCC(NC(=O)C(CO)NC(=O)C(N)C(C)C)C(=O)NC(CC(C)C)C(=O)O. The van der Waals surface area contributed by atoms with Gasteiger partial charge in [-0.25, -0.2) is 4.79 Å². The molecular formula is C19H36N4O6S. The van der Waals surface area contributed by atoms with Gasteiger partial charge in [0, 0.05) is 0 Å². The van der Waals surface area contributed by atoms with Crippen molar-refractivity contribution in [3.8, 4) is 0 Å². The van der Waals surface area contributed by atoms with E-state index in [0.717, 1.165) is 0 Å². The molecule has 0 aliphatic carbocycles. The predicted octanol–water partition coefficient (Wildman–Crippen LogP) is -0.700. The number of aliphatic hydroxyl groups is 1. The molecule has 174 valence electrons. The third kappa shape index (κ3) is 10.3. The number of nitrogens with one attached hydrogen (secondary N) is 3. The fourth-order valence-corrected chi connectivity index (χ4v) is 2.98. The number of carboxylic acids is 1. The van der Waals surface area contributed by atoms with E-state index in [-0.39, 0.29) is 24.7 Å². The number of hydrogen-bond donors (Lipinski definition) is 6. The summed E-state index contributed by atoms with van der Waals surface area (Å²) in [5.74, 6) is -2.71. The molecule has 0 aromatic carbocycles. The second-order valence-electron chi connectivity index (χ2n) is 7.89. The number of carbonyl (C=O) groups is 4. The third-order valence-electron chi connectivity index (χ3n) is 4.40. The molecule has 7 N–H and O–H groups in total. The van der Waals surface area contributed by atoms with Gasteiger partial charge in [-0.05, 0) is 36.7 Å². The molecule has 3 amide bonds. The molecule has 0 aliphatic rings. The second-order valence-corrected chi connectivity index (χ2v) is 8.87. The number of hydrogen-bond acceptors (Lipinski definition) is 7. The van der Waals surface area contributed by atoms with Crippen LogP contribution in [0.4, 0.5) is 0 Å². The van der Waals surface area contributed by atoms with Gasteiger partial charge in [0.25, 0.3) is 0 Å². The van der Waals surface area contributed by atoms with Gasteiger partial charge in [0.2, 0.25) is 17.7 Å². The number of carbonyl (C=O) groups excluding carboxylic acids is 3. The Hall–Kier alpha value is -1.85. The lowest BCUT2D eigenvalue weighted by Crippen LogP contribution is -2.58. The van der Waals surface area contributed by atoms with Gasteiger partial charge in [-0.2, -0.15) is 11.8 Å². The summed E-state index contributed by atoms with van der Waals surface area (Å²) < 4.78 is 0. The Morgan fingerprint density at radius 1 is 0.900 bits per heavy atom. The monoisotopic (exact) mass is 448 g/mol. The molecule has 0 aromatic rings. The topological polar surface area (TPSA) is 171 Å². The van der Waals surface area contributed by atoms with Gasteiger partial charge in [-0.15, -0.1) is 0 Å². The minimum Gasteiger partial charge on any atom is -0.480 e. The normalized spacial score (nSPS) is 15.2. The van der Waals surface area contributed by atoms with Crippen molar-refractivity contribution in [1.29, 1.82) is 0 Å². The van der Waals surface area contributed by atoms with E-state index in [1.165, 1.54) is 11.8 Å². The van der Waals surface area contributed by atoms with E-state index < -0.39 is 54.5 Å². The van der Waals surface area contributed by atoms with E-state index in [1.54, 1.807) is 13.8 Å². The lowest BCUT2D eigenvalue weighted by Gasteiger charge is -2.25. The summed E-state index contributed by atoms with van der Waals surface area (Å²) in [4.78, 5) is 48.7. The first-order valence-electron chi connectivity index (χ1n) is 9.93. The number of nitrogens with two attached hydrogens (primary N) is 1. The zero-order chi connectivity index (χ0) is 23.4. The van der Waals surface area contributed by atoms with Gasteiger partial charge in [-0.1, -0.05) is 27.7 Å². The number of rotatable bonds is 14. The zero-order valence-electron chi connectivity index (χ0n) is 18.3. The minimum atomic E-state index is -1.28. The summed E-state index contributed by atoms with van der Waals surface area (Å²) in [6.45, 7) is 6.50. The first-order valence-corrected chi connectivity index (χ1v) is 11.3. The number of amides is 3. The highest BCUT2D eigenvalue weighted by Gasteiger charge is 2.30. The Morgan fingerprint density at radius 2 is 1.40 bits per heavy atom. The second kappa shape index (κ2) is 14.2. The van der Waals surface area contributed by atoms with Crippen LogP contribution in [0.25, 0.3) is 0 Å². The van der Waals surface area contributed by atoms with Gasteiger partial charge >= 0.3 is 5.97 Å². The lowest BCUT2D eigenvalue weighted by molar-refractivity contribution is -0.142. The molecule has 0 saturated carbocycles. The summed E-state index contributed by atoms with van der Waals surface area (Å²) in [7, 11) is 0. The Morgan fingerprint density at radius 3 is 1.83 bits per heavy atom. The van der Waals surface area contributed by atoms with Gasteiger partial charge in [0.05, 0.1) is 12.6 Å². The average molecular weight is 449 g/mol. The quantitative estimate of drug-likeness (QED) is 0.202. The van der Waals surface area contributed by atoms with E-state index in [1.807, 2.05) is 20.1 Å². The van der Waals surface area contributed by atoms with E-state index in [2.05, 4.69) is 16.0 Å². The van der Waals surface area contributed by atoms with Crippen LogP contribution in [0.3, 0.4) is 0 Å². The number of carboxylic acid groups (broad SMARTS) is 1. The van der Waals surface area contributed by atoms with Crippen molar-refractivity contribution >= 4 is 35.5 Å². The van der Waals surface area contributed by atoms with Crippen LogP contribution in [0, 0.1) is 11.8 Å². The summed E-state index contributed by atoms with van der Waals surface area (Å²) in [5.41, 5.74) is 5.75. The number of thioether (sulfide) groups is 1. The fourth-order valence-electron chi connectivity index (χ4n) is 2.51. The van der Waals surface area contributed by atoms with Gasteiger partial charge in [0.1, 0.15) is 18.1 Å². The summed E-state index contributed by atoms with van der Waals surface area (Å²) in [5, 5.41) is 26.2. The molecule has 0 spiro atoms. The molecule has 4 unspecified atom stereocenters. The zero-order valence-corrected chi connectivity index (χ0v) is 19.1. The molecule has 30 heavy (non-hydrogen) atoms. The fraction of sp³-hybridized carbons (Fsp3) is 0.789. The van der Waals surface area contributed by atoms with E-state index in [0.29, 0.717) is 5.75 Å². The Kier molecular flexibility index (Phi) is 13.3. The molecule has 0 saturated heterocycles. The predicted molar refractivity (Wildman–Crippen MR) is 116 cm³/mol. The smallest absolute Gasteiger partial charge is 0.326 e. The van der Waals surface area contributed by atoms with Gasteiger partial charge < -0.3 is 31.9 Å². The first-order chi connectivity index (χ1) is 13.9. The highest BCUT2D eigenvalue weighted by Crippen LogP contribution is 2.07. The van der Waals surface area contributed by atoms with Crippen LogP contribution >= 0.6 is 11.8 Å². The highest BCUT2D eigenvalue weighted by molar-refractivity contribution is 7.98. The van der Waals surface area contributed by atoms with Crippen molar-refractivity contribution in [3.05, 3.63) is 0 Å². The Balaban J connectivity index is 5.23. The highest BCUT2D eigenvalue weighted by atomic mass is 32.2. The lowest BCUT2D eigenvalue weighted by atomic mass is 10.0. The molecule has 0 bridgehead atoms. The molecule has 0 radical (unpaired) electrons. The number of aliphatic hydroxyl groups excluding tert-OH is 1. The molecular weight excluding hydrogens is 412 g/mol. The third-order valence-corrected chi connectivity index (χ3v) is 5.05. The standard InChI is InChI=1S/C19H36N4O6S/c1-10(2)8-13(19(28)29)22-16(25)12(6-7-30-5)21-17(26)14(9-24)23-18(27)15(20)11(3)4/h10-15,24H,6-9,20H2,1-5H3,(H,21,26)(H,22,25)(H,23,27)(H,28,29). The van der Waals surface area contributed by atoms with Crippen LogP contribution in [0.2, 0.25) is 0 Å². The molecule has 0 fully saturated rings. The Labute approximate surface area is 182 Å². The van der Waals surface area contributed by atoms with Crippen LogP contribution in [-0.4, -0.2) is 76.7 Å². The van der Waals surface area contributed by atoms with Crippen LogP contribution in [0.5, 0.6) is 0 Å². The number of aliphatic carboxylic acids is 1. The maximum Gasteiger partial charge on any atom is 0.326 e. The van der Waals surface area contributed by atoms with E-state index in [4.69, 9.17) is 5.73 Å². The van der Waals surface area contributed by atoms with Crippen molar-refractivity contribution < 1.29 is 29.4 Å². The average Bonchev–Trinajstić information content (AvgIpc) is 2.66. The van der Waals surface area contributed by atoms with Crippen LogP contribution < -0.4 is 21.7 Å². The van der Waals surface area contributed by atoms with Gasteiger partial charge in [0.15, 0.2) is 0 Å². The Bertz CT molecular complexity index is 587. The molecule has 4 atom stereocenters. The maximum absolute atomic E-state index is 12.6. The van der Waals surface area contributed by atoms with E-state index in [9.17, 15) is 29.4 Å². The summed E-state index contributed by atoms with van der Waals surface area (Å²) in [6.07, 6.45) is 2.33. The van der Waals surface area contributed by atoms with E-state index >= 15 is 0 Å². The molecule has 0 aliphatic heterocycles. The van der Waals surface area contributed by atoms with Crippen LogP contribution in [-0.2, 0) is 19.2 Å². The molecule has 0 aromatic heterocycles. The van der Waals surface area contributed by atoms with Crippen LogP contribution in [0.1, 0.15) is 40.5 Å². The van der Waals surface area contributed by atoms with Crippen molar-refractivity contribution in [2.24, 2.45) is 17.6 Å². The molecule has 0 heterocycles. The van der Waals surface area contributed by atoms with Crippen molar-refractivity contribution in [2.45, 2.75) is 64.7 Å². The van der Waals surface area contributed by atoms with Crippen LogP contribution in [0.15, 0.2) is 0 Å². The van der Waals surface area contributed by atoms with Crippen molar-refractivity contribution in [2.75, 3.05) is 18.6 Å². The summed E-state index contributed by atoms with van der Waals surface area (Å²) >= 11 is 1.46. The molecule has 0 rings (SSSR count). The maximum atomic E-state index is 12.6. The molecule has 11 heteroatoms. The van der Waals surface area contributed by atoms with Gasteiger partial charge in [-0.3, -0.25) is 14.4 Å². The van der Waals surface area contributed by atoms with Crippen molar-refractivity contribution in [1.82, 2.24) is 16.0 Å². The first kappa shape index (κ1) is 28.1. The van der Waals surface area contributed by atoms with Crippen molar-refractivity contribution in [3.63, 3.8) is 0 Å².